The number of hydrogen-bond acceptors (Lipinski definition) is 4. The first-order chi connectivity index (χ1) is 14.2. The fourth-order valence-electron chi connectivity index (χ4n) is 3.67. The number of hydrogen-bond donors (Lipinski definition) is 1. The highest BCUT2D eigenvalue weighted by atomic mass is 32.2. The van der Waals surface area contributed by atoms with Crippen LogP contribution in [-0.4, -0.2) is 57.3 Å². The van der Waals surface area contributed by atoms with Crippen molar-refractivity contribution in [2.45, 2.75) is 18.6 Å². The Balaban J connectivity index is 1.29. The van der Waals surface area contributed by atoms with Crippen molar-refractivity contribution in [3.05, 3.63) is 72.3 Å². The minimum absolute atomic E-state index is 0.192. The molecule has 0 spiro atoms. The molecule has 1 amide bonds. The fraction of sp³-hybridized carbons (Fsp3) is 0.318. The number of quaternary nitrogens is 1. The Morgan fingerprint density at radius 1 is 1.10 bits per heavy atom. The number of aryl methyl sites for hydroxylation is 1. The summed E-state index contributed by atoms with van der Waals surface area (Å²) in [6.07, 6.45) is 7.43. The number of nitrogens with zero attached hydrogens (tertiary/aromatic N) is 4. The summed E-state index contributed by atoms with van der Waals surface area (Å²) in [5.41, 5.74) is 3.59. The molecule has 0 atom stereocenters. The molecule has 0 saturated carbocycles. The molecule has 6 nitrogen and oxygen atoms in total. The summed E-state index contributed by atoms with van der Waals surface area (Å²) in [4.78, 5) is 24.8. The molecule has 29 heavy (non-hydrogen) atoms. The molecule has 2 aromatic heterocycles. The molecule has 0 aliphatic carbocycles. The lowest BCUT2D eigenvalue weighted by Gasteiger charge is -2.32. The molecule has 3 aromatic rings. The molecule has 1 N–H and O–H groups in total. The molecule has 4 rings (SSSR count). The summed E-state index contributed by atoms with van der Waals surface area (Å²) >= 11 is 1.51. The van der Waals surface area contributed by atoms with Gasteiger partial charge >= 0.3 is 0 Å². The number of piperazine rings is 1. The van der Waals surface area contributed by atoms with Crippen LogP contribution in [0.25, 0.3) is 5.69 Å². The van der Waals surface area contributed by atoms with Crippen molar-refractivity contribution in [3.63, 3.8) is 0 Å². The van der Waals surface area contributed by atoms with Crippen LogP contribution in [-0.2, 0) is 11.3 Å². The number of pyridine rings is 1. The van der Waals surface area contributed by atoms with Crippen LogP contribution in [0.4, 0.5) is 0 Å². The van der Waals surface area contributed by atoms with Gasteiger partial charge in [-0.2, -0.15) is 0 Å². The van der Waals surface area contributed by atoms with Crippen molar-refractivity contribution in [3.8, 4) is 5.69 Å². The average Bonchev–Trinajstić information content (AvgIpc) is 3.22. The highest BCUT2D eigenvalue weighted by molar-refractivity contribution is 7.99. The molecule has 0 radical (unpaired) electrons. The fourth-order valence-corrected chi connectivity index (χ4v) is 4.54. The zero-order chi connectivity index (χ0) is 20.1. The van der Waals surface area contributed by atoms with Crippen LogP contribution in [0.2, 0.25) is 0 Å². The Bertz CT molecular complexity index is 951. The van der Waals surface area contributed by atoms with Crippen molar-refractivity contribution in [1.82, 2.24) is 19.4 Å². The van der Waals surface area contributed by atoms with E-state index in [1.165, 1.54) is 27.8 Å². The van der Waals surface area contributed by atoms with Gasteiger partial charge in [0.15, 0.2) is 5.16 Å². The van der Waals surface area contributed by atoms with Gasteiger partial charge in [0, 0.05) is 30.4 Å². The molecule has 150 valence electrons. The smallest absolute Gasteiger partial charge is 0.233 e. The lowest BCUT2D eigenvalue weighted by molar-refractivity contribution is -0.917. The second-order valence-electron chi connectivity index (χ2n) is 7.32. The number of aromatic nitrogens is 3. The number of imidazole rings is 1. The Kier molecular flexibility index (Phi) is 6.27. The Labute approximate surface area is 175 Å². The third-order valence-corrected chi connectivity index (χ3v) is 6.28. The van der Waals surface area contributed by atoms with Gasteiger partial charge in [-0.1, -0.05) is 30.0 Å². The number of thioether (sulfide) groups is 1. The number of nitrogens with one attached hydrogen (secondary N) is 1. The standard InChI is InChI=1S/C22H25N5OS/c1-18-4-2-3-5-20(18)27-11-10-24-22(27)29-17-21(28)26-14-12-25(13-15-26)16-19-6-8-23-9-7-19/h2-11H,12-17H2,1H3/p+1. The molecule has 1 aromatic carbocycles. The molecule has 0 unspecified atom stereocenters. The third-order valence-electron chi connectivity index (χ3n) is 5.33. The first-order valence-electron chi connectivity index (χ1n) is 9.93. The van der Waals surface area contributed by atoms with E-state index in [2.05, 4.69) is 45.7 Å². The van der Waals surface area contributed by atoms with Gasteiger partial charge in [-0.3, -0.25) is 14.3 Å². The second kappa shape index (κ2) is 9.24. The maximum absolute atomic E-state index is 12.7. The Morgan fingerprint density at radius 3 is 2.62 bits per heavy atom. The van der Waals surface area contributed by atoms with Crippen LogP contribution in [0.3, 0.4) is 0 Å². The van der Waals surface area contributed by atoms with Crippen LogP contribution in [0, 0.1) is 6.92 Å². The van der Waals surface area contributed by atoms with Crippen molar-refractivity contribution in [2.75, 3.05) is 31.9 Å². The van der Waals surface area contributed by atoms with Gasteiger partial charge in [0.25, 0.3) is 0 Å². The minimum atomic E-state index is 0.192. The topological polar surface area (TPSA) is 55.5 Å². The highest BCUT2D eigenvalue weighted by Crippen LogP contribution is 2.22. The molecular formula is C22H26N5OS+. The van der Waals surface area contributed by atoms with E-state index >= 15 is 0 Å². The van der Waals surface area contributed by atoms with E-state index in [0.29, 0.717) is 5.75 Å². The maximum Gasteiger partial charge on any atom is 0.233 e. The van der Waals surface area contributed by atoms with Crippen molar-refractivity contribution >= 4 is 17.7 Å². The predicted molar refractivity (Wildman–Crippen MR) is 114 cm³/mol. The van der Waals surface area contributed by atoms with Gasteiger partial charge in [-0.15, -0.1) is 0 Å². The molecule has 3 heterocycles. The van der Waals surface area contributed by atoms with E-state index in [4.69, 9.17) is 0 Å². The molecule has 0 bridgehead atoms. The molecule has 7 heteroatoms. The number of carbonyl (C=O) groups is 1. The summed E-state index contributed by atoms with van der Waals surface area (Å²) < 4.78 is 2.06. The lowest BCUT2D eigenvalue weighted by Crippen LogP contribution is -3.13. The van der Waals surface area contributed by atoms with Gasteiger partial charge in [0.1, 0.15) is 6.54 Å². The van der Waals surface area contributed by atoms with Crippen LogP contribution >= 0.6 is 11.8 Å². The van der Waals surface area contributed by atoms with Crippen LogP contribution < -0.4 is 4.90 Å². The van der Waals surface area contributed by atoms with Crippen molar-refractivity contribution < 1.29 is 9.69 Å². The van der Waals surface area contributed by atoms with E-state index in [1.54, 1.807) is 6.20 Å². The number of para-hydroxylation sites is 1. The van der Waals surface area contributed by atoms with E-state index in [1.807, 2.05) is 35.6 Å². The van der Waals surface area contributed by atoms with Crippen molar-refractivity contribution in [2.24, 2.45) is 0 Å². The van der Waals surface area contributed by atoms with E-state index in [9.17, 15) is 4.79 Å². The Morgan fingerprint density at radius 2 is 1.86 bits per heavy atom. The monoisotopic (exact) mass is 408 g/mol. The van der Waals surface area contributed by atoms with Crippen molar-refractivity contribution in [1.29, 1.82) is 0 Å². The van der Waals surface area contributed by atoms with E-state index in [0.717, 1.165) is 43.6 Å². The zero-order valence-electron chi connectivity index (χ0n) is 16.6. The number of rotatable bonds is 6. The Hall–Kier alpha value is -2.64. The van der Waals surface area contributed by atoms with Crippen LogP contribution in [0.1, 0.15) is 11.1 Å². The highest BCUT2D eigenvalue weighted by Gasteiger charge is 2.24. The summed E-state index contributed by atoms with van der Waals surface area (Å²) in [5, 5.41) is 0.856. The van der Waals surface area contributed by atoms with Gasteiger partial charge in [0.2, 0.25) is 5.91 Å². The normalized spacial score (nSPS) is 14.9. The van der Waals surface area contributed by atoms with Gasteiger partial charge < -0.3 is 9.80 Å². The molecule has 1 aliphatic heterocycles. The lowest BCUT2D eigenvalue weighted by atomic mass is 10.2. The minimum Gasteiger partial charge on any atom is -0.331 e. The van der Waals surface area contributed by atoms with Gasteiger partial charge in [0.05, 0.1) is 37.6 Å². The molecular weight excluding hydrogens is 382 g/mol. The third kappa shape index (κ3) is 4.86. The first kappa shape index (κ1) is 19.7. The number of benzene rings is 1. The molecule has 1 fully saturated rings. The summed E-state index contributed by atoms with van der Waals surface area (Å²) in [6.45, 7) is 6.67. The first-order valence-corrected chi connectivity index (χ1v) is 10.9. The predicted octanol–water partition coefficient (Wildman–Crippen LogP) is 1.60. The quantitative estimate of drug-likeness (QED) is 0.630. The SMILES string of the molecule is Cc1ccccc1-n1ccnc1SCC(=O)N1CC[NH+](Cc2ccncc2)CC1. The molecule has 1 saturated heterocycles. The number of amides is 1. The summed E-state index contributed by atoms with van der Waals surface area (Å²) in [5.74, 6) is 0.611. The maximum atomic E-state index is 12.7. The summed E-state index contributed by atoms with van der Waals surface area (Å²) in [7, 11) is 0. The largest absolute Gasteiger partial charge is 0.331 e. The van der Waals surface area contributed by atoms with Crippen LogP contribution in [0.15, 0.2) is 66.3 Å². The number of carbonyl (C=O) groups excluding carboxylic acids is 1. The average molecular weight is 409 g/mol. The van der Waals surface area contributed by atoms with E-state index in [-0.39, 0.29) is 5.91 Å². The van der Waals surface area contributed by atoms with Gasteiger partial charge in [-0.05, 0) is 30.7 Å². The summed E-state index contributed by atoms with van der Waals surface area (Å²) in [6, 6.07) is 12.4. The molecule has 1 aliphatic rings. The van der Waals surface area contributed by atoms with Crippen LogP contribution in [0.5, 0.6) is 0 Å². The second-order valence-corrected chi connectivity index (χ2v) is 8.26. The van der Waals surface area contributed by atoms with Gasteiger partial charge in [-0.25, -0.2) is 4.98 Å². The van der Waals surface area contributed by atoms with E-state index < -0.39 is 0 Å². The zero-order valence-corrected chi connectivity index (χ0v) is 17.4.